The van der Waals surface area contributed by atoms with Crippen molar-refractivity contribution >= 4 is 11.0 Å². The lowest BCUT2D eigenvalue weighted by Gasteiger charge is -2.12. The summed E-state index contributed by atoms with van der Waals surface area (Å²) in [5.41, 5.74) is 1.94. The van der Waals surface area contributed by atoms with Crippen LogP contribution >= 0.6 is 0 Å². The van der Waals surface area contributed by atoms with Gasteiger partial charge in [-0.25, -0.2) is 13.6 Å². The second-order valence-electron chi connectivity index (χ2n) is 5.93. The Balaban J connectivity index is 1.95. The molecule has 0 N–H and O–H groups in total. The van der Waals surface area contributed by atoms with E-state index in [0.717, 1.165) is 29.9 Å². The van der Waals surface area contributed by atoms with Crippen LogP contribution in [0.5, 0.6) is 5.75 Å². The summed E-state index contributed by atoms with van der Waals surface area (Å²) < 4.78 is 37.7. The molecule has 2 aromatic carbocycles. The minimum Gasteiger partial charge on any atom is -0.488 e. The maximum Gasteiger partial charge on any atom is 0.336 e. The van der Waals surface area contributed by atoms with E-state index in [9.17, 15) is 13.6 Å². The molecule has 0 spiro atoms. The van der Waals surface area contributed by atoms with Crippen molar-refractivity contribution in [1.29, 1.82) is 0 Å². The van der Waals surface area contributed by atoms with Crippen molar-refractivity contribution in [2.24, 2.45) is 0 Å². The zero-order valence-electron chi connectivity index (χ0n) is 14.1. The Morgan fingerprint density at radius 1 is 1.08 bits per heavy atom. The van der Waals surface area contributed by atoms with Crippen molar-refractivity contribution in [2.45, 2.75) is 33.3 Å². The number of benzene rings is 2. The number of fused-ring (bicyclic) bond motifs is 1. The lowest BCUT2D eigenvalue weighted by atomic mass is 10.0. The standard InChI is InChI=1S/C20H18F2O3/c1-3-4-13-9-19(23)25-20-12(2)18(8-7-16(13)20)24-11-14-5-6-15(21)10-17(14)22/h5-10H,3-4,11H2,1-2H3. The molecule has 130 valence electrons. The van der Waals surface area contributed by atoms with Gasteiger partial charge in [0.05, 0.1) is 0 Å². The normalized spacial score (nSPS) is 11.0. The molecular weight excluding hydrogens is 326 g/mol. The summed E-state index contributed by atoms with van der Waals surface area (Å²) in [5.74, 6) is -0.795. The molecule has 3 aromatic rings. The van der Waals surface area contributed by atoms with Gasteiger partial charge in [0.2, 0.25) is 0 Å². The van der Waals surface area contributed by atoms with Crippen LogP contribution < -0.4 is 10.4 Å². The summed E-state index contributed by atoms with van der Waals surface area (Å²) in [5, 5.41) is 0.874. The fourth-order valence-corrected chi connectivity index (χ4v) is 2.83. The van der Waals surface area contributed by atoms with Gasteiger partial charge >= 0.3 is 5.63 Å². The highest BCUT2D eigenvalue weighted by Gasteiger charge is 2.12. The first-order chi connectivity index (χ1) is 12.0. The highest BCUT2D eigenvalue weighted by molar-refractivity contribution is 5.84. The SMILES string of the molecule is CCCc1cc(=O)oc2c(C)c(OCc3ccc(F)cc3F)ccc12. The number of hydrogen-bond donors (Lipinski definition) is 0. The van der Waals surface area contributed by atoms with Gasteiger partial charge < -0.3 is 9.15 Å². The Morgan fingerprint density at radius 2 is 1.88 bits per heavy atom. The van der Waals surface area contributed by atoms with Gasteiger partial charge in [-0.05, 0) is 43.2 Å². The van der Waals surface area contributed by atoms with Crippen molar-refractivity contribution in [3.63, 3.8) is 0 Å². The molecule has 3 nitrogen and oxygen atoms in total. The Bertz CT molecular complexity index is 977. The van der Waals surface area contributed by atoms with Crippen LogP contribution in [0, 0.1) is 18.6 Å². The maximum atomic E-state index is 13.7. The van der Waals surface area contributed by atoms with E-state index in [-0.39, 0.29) is 12.2 Å². The first kappa shape index (κ1) is 17.1. The van der Waals surface area contributed by atoms with Gasteiger partial charge in [0.1, 0.15) is 29.6 Å². The van der Waals surface area contributed by atoms with Crippen molar-refractivity contribution in [3.8, 4) is 5.75 Å². The average molecular weight is 344 g/mol. The highest BCUT2D eigenvalue weighted by atomic mass is 19.1. The summed E-state index contributed by atoms with van der Waals surface area (Å²) >= 11 is 0. The predicted molar refractivity (Wildman–Crippen MR) is 91.9 cm³/mol. The van der Waals surface area contributed by atoms with Gasteiger partial charge in [-0.2, -0.15) is 0 Å². The van der Waals surface area contributed by atoms with Gasteiger partial charge in [0, 0.05) is 28.6 Å². The number of hydrogen-bond acceptors (Lipinski definition) is 3. The lowest BCUT2D eigenvalue weighted by molar-refractivity contribution is 0.297. The summed E-state index contributed by atoms with van der Waals surface area (Å²) in [6.45, 7) is 3.79. The van der Waals surface area contributed by atoms with Gasteiger partial charge in [-0.3, -0.25) is 0 Å². The molecular formula is C20H18F2O3. The van der Waals surface area contributed by atoms with E-state index in [0.29, 0.717) is 16.9 Å². The zero-order valence-corrected chi connectivity index (χ0v) is 14.1. The van der Waals surface area contributed by atoms with Crippen molar-refractivity contribution in [2.75, 3.05) is 0 Å². The molecule has 0 aliphatic carbocycles. The quantitative estimate of drug-likeness (QED) is 0.617. The van der Waals surface area contributed by atoms with Gasteiger partial charge in [-0.1, -0.05) is 13.3 Å². The molecule has 0 radical (unpaired) electrons. The Morgan fingerprint density at radius 3 is 2.60 bits per heavy atom. The largest absolute Gasteiger partial charge is 0.488 e. The number of rotatable bonds is 5. The smallest absolute Gasteiger partial charge is 0.336 e. The molecule has 0 saturated carbocycles. The number of ether oxygens (including phenoxy) is 1. The van der Waals surface area contributed by atoms with E-state index in [1.165, 1.54) is 18.2 Å². The van der Waals surface area contributed by atoms with Crippen molar-refractivity contribution in [3.05, 3.63) is 75.1 Å². The topological polar surface area (TPSA) is 39.4 Å². The van der Waals surface area contributed by atoms with E-state index in [4.69, 9.17) is 9.15 Å². The van der Waals surface area contributed by atoms with Crippen LogP contribution in [0.15, 0.2) is 45.6 Å². The van der Waals surface area contributed by atoms with Gasteiger partial charge in [0.25, 0.3) is 0 Å². The molecule has 0 fully saturated rings. The molecule has 0 amide bonds. The van der Waals surface area contributed by atoms with E-state index >= 15 is 0 Å². The molecule has 5 heteroatoms. The second-order valence-corrected chi connectivity index (χ2v) is 5.93. The molecule has 0 saturated heterocycles. The minimum atomic E-state index is -0.657. The first-order valence-corrected chi connectivity index (χ1v) is 8.12. The molecule has 0 unspecified atom stereocenters. The highest BCUT2D eigenvalue weighted by Crippen LogP contribution is 2.29. The number of aryl methyl sites for hydroxylation is 2. The Hall–Kier alpha value is -2.69. The van der Waals surface area contributed by atoms with Crippen LogP contribution in [0.2, 0.25) is 0 Å². The molecule has 1 heterocycles. The molecule has 1 aromatic heterocycles. The molecule has 0 atom stereocenters. The number of halogens is 2. The van der Waals surface area contributed by atoms with Crippen LogP contribution in [0.3, 0.4) is 0 Å². The fourth-order valence-electron chi connectivity index (χ4n) is 2.83. The summed E-state index contributed by atoms with van der Waals surface area (Å²) in [7, 11) is 0. The fraction of sp³-hybridized carbons (Fsp3) is 0.250. The molecule has 25 heavy (non-hydrogen) atoms. The summed E-state index contributed by atoms with van der Waals surface area (Å²) in [4.78, 5) is 11.8. The third-order valence-electron chi connectivity index (χ3n) is 4.11. The summed E-state index contributed by atoms with van der Waals surface area (Å²) in [6, 6.07) is 8.48. The van der Waals surface area contributed by atoms with E-state index in [2.05, 4.69) is 0 Å². The minimum absolute atomic E-state index is 0.0443. The van der Waals surface area contributed by atoms with Crippen LogP contribution in [-0.4, -0.2) is 0 Å². The van der Waals surface area contributed by atoms with Crippen LogP contribution in [0.4, 0.5) is 8.78 Å². The first-order valence-electron chi connectivity index (χ1n) is 8.12. The molecule has 3 rings (SSSR count). The van der Waals surface area contributed by atoms with Crippen LogP contribution in [0.1, 0.15) is 30.0 Å². The molecule has 0 bridgehead atoms. The molecule has 0 aliphatic heterocycles. The third-order valence-corrected chi connectivity index (χ3v) is 4.11. The van der Waals surface area contributed by atoms with E-state index in [1.54, 1.807) is 13.0 Å². The summed E-state index contributed by atoms with van der Waals surface area (Å²) in [6.07, 6.45) is 1.70. The monoisotopic (exact) mass is 344 g/mol. The van der Waals surface area contributed by atoms with E-state index in [1.807, 2.05) is 13.0 Å². The second kappa shape index (κ2) is 7.05. The maximum absolute atomic E-state index is 13.7. The van der Waals surface area contributed by atoms with Crippen LogP contribution in [0.25, 0.3) is 11.0 Å². The molecule has 0 aliphatic rings. The van der Waals surface area contributed by atoms with Crippen molar-refractivity contribution in [1.82, 2.24) is 0 Å². The Labute approximate surface area is 143 Å². The van der Waals surface area contributed by atoms with Crippen LogP contribution in [-0.2, 0) is 13.0 Å². The predicted octanol–water partition coefficient (Wildman–Crippen LogP) is 4.91. The lowest BCUT2D eigenvalue weighted by Crippen LogP contribution is -2.04. The van der Waals surface area contributed by atoms with Crippen molar-refractivity contribution < 1.29 is 17.9 Å². The van der Waals surface area contributed by atoms with Gasteiger partial charge in [0.15, 0.2) is 0 Å². The Kier molecular flexibility index (Phi) is 4.83. The van der Waals surface area contributed by atoms with E-state index < -0.39 is 17.3 Å². The average Bonchev–Trinajstić information content (AvgIpc) is 2.56. The van der Waals surface area contributed by atoms with Gasteiger partial charge in [-0.15, -0.1) is 0 Å². The zero-order chi connectivity index (χ0) is 18.0. The third kappa shape index (κ3) is 3.55.